The van der Waals surface area contributed by atoms with Crippen LogP contribution in [0.1, 0.15) is 33.1 Å². The van der Waals surface area contributed by atoms with Crippen molar-refractivity contribution in [1.82, 2.24) is 5.32 Å². The van der Waals surface area contributed by atoms with Crippen molar-refractivity contribution in [2.24, 2.45) is 5.73 Å². The topological polar surface area (TPSA) is 55.1 Å². The van der Waals surface area contributed by atoms with Gasteiger partial charge in [-0.05, 0) is 31.9 Å². The van der Waals surface area contributed by atoms with Gasteiger partial charge in [0.25, 0.3) is 0 Å². The number of hydrogen-bond acceptors (Lipinski definition) is 3. The van der Waals surface area contributed by atoms with Gasteiger partial charge in [0.1, 0.15) is 0 Å². The first kappa shape index (κ1) is 11.9. The molecule has 0 radical (unpaired) electrons. The maximum absolute atomic E-state index is 11.6. The van der Waals surface area contributed by atoms with E-state index in [2.05, 4.69) is 5.32 Å². The summed E-state index contributed by atoms with van der Waals surface area (Å²) < 4.78 is 0. The summed E-state index contributed by atoms with van der Waals surface area (Å²) in [4.78, 5) is 11.6. The predicted octanol–water partition coefficient (Wildman–Crippen LogP) is 1.13. The quantitative estimate of drug-likeness (QED) is 0.740. The predicted molar refractivity (Wildman–Crippen MR) is 61.4 cm³/mol. The molecule has 82 valence electrons. The SMILES string of the molecule is CCC(C)(N)C(=O)NCC1CCCS1. The molecule has 0 spiro atoms. The molecule has 0 bridgehead atoms. The maximum Gasteiger partial charge on any atom is 0.239 e. The van der Waals surface area contributed by atoms with Gasteiger partial charge in [-0.2, -0.15) is 11.8 Å². The lowest BCUT2D eigenvalue weighted by atomic mass is 9.99. The van der Waals surface area contributed by atoms with Crippen LogP contribution >= 0.6 is 11.8 Å². The molecule has 1 heterocycles. The highest BCUT2D eigenvalue weighted by molar-refractivity contribution is 8.00. The molecule has 3 nitrogen and oxygen atoms in total. The molecule has 1 rings (SSSR count). The molecule has 0 aliphatic carbocycles. The molecule has 2 unspecified atom stereocenters. The van der Waals surface area contributed by atoms with E-state index in [1.165, 1.54) is 18.6 Å². The van der Waals surface area contributed by atoms with Crippen molar-refractivity contribution in [2.45, 2.75) is 43.9 Å². The Kier molecular flexibility index (Phi) is 4.26. The van der Waals surface area contributed by atoms with E-state index >= 15 is 0 Å². The summed E-state index contributed by atoms with van der Waals surface area (Å²) in [5.74, 6) is 1.21. The highest BCUT2D eigenvalue weighted by Crippen LogP contribution is 2.25. The summed E-state index contributed by atoms with van der Waals surface area (Å²) in [6.07, 6.45) is 3.17. The third-order valence-electron chi connectivity index (χ3n) is 2.77. The molecule has 0 aromatic rings. The van der Waals surface area contributed by atoms with Gasteiger partial charge in [0.2, 0.25) is 5.91 Å². The van der Waals surface area contributed by atoms with Crippen LogP contribution in [0.3, 0.4) is 0 Å². The zero-order valence-electron chi connectivity index (χ0n) is 9.01. The fourth-order valence-corrected chi connectivity index (χ4v) is 2.58. The van der Waals surface area contributed by atoms with Crippen LogP contribution in [0.2, 0.25) is 0 Å². The number of carbonyl (C=O) groups excluding carboxylic acids is 1. The molecule has 3 N–H and O–H groups in total. The molecule has 0 aromatic heterocycles. The van der Waals surface area contributed by atoms with E-state index in [0.29, 0.717) is 11.7 Å². The van der Waals surface area contributed by atoms with Gasteiger partial charge in [-0.25, -0.2) is 0 Å². The molecule has 1 aliphatic rings. The zero-order valence-corrected chi connectivity index (χ0v) is 9.82. The van der Waals surface area contributed by atoms with Crippen LogP contribution in [-0.2, 0) is 4.79 Å². The smallest absolute Gasteiger partial charge is 0.239 e. The van der Waals surface area contributed by atoms with Gasteiger partial charge in [0, 0.05) is 11.8 Å². The van der Waals surface area contributed by atoms with E-state index in [9.17, 15) is 4.79 Å². The van der Waals surface area contributed by atoms with Gasteiger partial charge in [-0.3, -0.25) is 4.79 Å². The van der Waals surface area contributed by atoms with E-state index in [4.69, 9.17) is 5.73 Å². The molecule has 14 heavy (non-hydrogen) atoms. The third-order valence-corrected chi connectivity index (χ3v) is 4.17. The Morgan fingerprint density at radius 3 is 2.93 bits per heavy atom. The Bertz CT molecular complexity index is 200. The van der Waals surface area contributed by atoms with Gasteiger partial charge >= 0.3 is 0 Å². The normalized spacial score (nSPS) is 25.8. The van der Waals surface area contributed by atoms with Crippen LogP contribution in [-0.4, -0.2) is 29.0 Å². The maximum atomic E-state index is 11.6. The molecular formula is C10H20N2OS. The minimum atomic E-state index is -0.705. The van der Waals surface area contributed by atoms with E-state index in [1.807, 2.05) is 18.7 Å². The molecule has 1 amide bonds. The van der Waals surface area contributed by atoms with Crippen molar-refractivity contribution >= 4 is 17.7 Å². The fourth-order valence-electron chi connectivity index (χ4n) is 1.37. The first-order valence-corrected chi connectivity index (χ1v) is 6.30. The van der Waals surface area contributed by atoms with Crippen LogP contribution in [0.4, 0.5) is 0 Å². The molecule has 2 atom stereocenters. The number of thioether (sulfide) groups is 1. The van der Waals surface area contributed by atoms with E-state index in [1.54, 1.807) is 6.92 Å². The van der Waals surface area contributed by atoms with E-state index in [0.717, 1.165) is 6.54 Å². The number of nitrogens with one attached hydrogen (secondary N) is 1. The van der Waals surface area contributed by atoms with Crippen molar-refractivity contribution < 1.29 is 4.79 Å². The van der Waals surface area contributed by atoms with Crippen LogP contribution in [0.25, 0.3) is 0 Å². The zero-order chi connectivity index (χ0) is 10.6. The summed E-state index contributed by atoms with van der Waals surface area (Å²) in [5.41, 5.74) is 5.12. The first-order valence-electron chi connectivity index (χ1n) is 5.25. The number of carbonyl (C=O) groups is 1. The second-order valence-corrected chi connectivity index (χ2v) is 5.52. The number of amides is 1. The first-order chi connectivity index (χ1) is 6.56. The Balaban J connectivity index is 2.26. The second kappa shape index (κ2) is 5.03. The standard InChI is InChI=1S/C10H20N2OS/c1-3-10(2,11)9(13)12-7-8-5-4-6-14-8/h8H,3-7,11H2,1-2H3,(H,12,13). The molecule has 0 saturated carbocycles. The van der Waals surface area contributed by atoms with Crippen LogP contribution < -0.4 is 11.1 Å². The van der Waals surface area contributed by atoms with Crippen LogP contribution in [0.5, 0.6) is 0 Å². The average Bonchev–Trinajstić information content (AvgIpc) is 2.66. The second-order valence-electron chi connectivity index (χ2n) is 4.12. The Labute approximate surface area is 90.2 Å². The lowest BCUT2D eigenvalue weighted by Gasteiger charge is -2.22. The minimum absolute atomic E-state index is 0.0208. The number of rotatable bonds is 4. The van der Waals surface area contributed by atoms with Crippen molar-refractivity contribution in [2.75, 3.05) is 12.3 Å². The lowest BCUT2D eigenvalue weighted by Crippen LogP contribution is -2.52. The number of nitrogens with two attached hydrogens (primary N) is 1. The van der Waals surface area contributed by atoms with Crippen molar-refractivity contribution in [3.63, 3.8) is 0 Å². The summed E-state index contributed by atoms with van der Waals surface area (Å²) in [5, 5.41) is 3.53. The highest BCUT2D eigenvalue weighted by Gasteiger charge is 2.26. The monoisotopic (exact) mass is 216 g/mol. The van der Waals surface area contributed by atoms with Gasteiger partial charge < -0.3 is 11.1 Å². The molecule has 1 aliphatic heterocycles. The lowest BCUT2D eigenvalue weighted by molar-refractivity contribution is -0.125. The summed E-state index contributed by atoms with van der Waals surface area (Å²) in [6, 6.07) is 0. The van der Waals surface area contributed by atoms with Crippen molar-refractivity contribution in [3.05, 3.63) is 0 Å². The molecule has 1 saturated heterocycles. The Hall–Kier alpha value is -0.220. The van der Waals surface area contributed by atoms with Crippen LogP contribution in [0.15, 0.2) is 0 Å². The number of hydrogen-bond donors (Lipinski definition) is 2. The van der Waals surface area contributed by atoms with E-state index in [-0.39, 0.29) is 5.91 Å². The van der Waals surface area contributed by atoms with E-state index < -0.39 is 5.54 Å². The molecule has 0 aromatic carbocycles. The van der Waals surface area contributed by atoms with Crippen molar-refractivity contribution in [1.29, 1.82) is 0 Å². The Morgan fingerprint density at radius 2 is 2.43 bits per heavy atom. The largest absolute Gasteiger partial charge is 0.353 e. The van der Waals surface area contributed by atoms with Crippen LogP contribution in [0, 0.1) is 0 Å². The van der Waals surface area contributed by atoms with Crippen molar-refractivity contribution in [3.8, 4) is 0 Å². The highest BCUT2D eigenvalue weighted by atomic mass is 32.2. The molecular weight excluding hydrogens is 196 g/mol. The molecule has 4 heteroatoms. The summed E-state index contributed by atoms with van der Waals surface area (Å²) in [6.45, 7) is 4.49. The third kappa shape index (κ3) is 3.17. The fraction of sp³-hybridized carbons (Fsp3) is 0.900. The van der Waals surface area contributed by atoms with Gasteiger partial charge in [-0.15, -0.1) is 0 Å². The molecule has 1 fully saturated rings. The van der Waals surface area contributed by atoms with Gasteiger partial charge in [-0.1, -0.05) is 6.92 Å². The summed E-state index contributed by atoms with van der Waals surface area (Å²) in [7, 11) is 0. The summed E-state index contributed by atoms with van der Waals surface area (Å²) >= 11 is 1.95. The minimum Gasteiger partial charge on any atom is -0.353 e. The Morgan fingerprint density at radius 1 is 1.71 bits per heavy atom. The average molecular weight is 216 g/mol. The van der Waals surface area contributed by atoms with Gasteiger partial charge in [0.05, 0.1) is 5.54 Å². The van der Waals surface area contributed by atoms with Gasteiger partial charge in [0.15, 0.2) is 0 Å².